The first-order valence-electron chi connectivity index (χ1n) is 6.30. The van der Waals surface area contributed by atoms with Crippen LogP contribution in [0.5, 0.6) is 0 Å². The molecule has 1 unspecified atom stereocenters. The van der Waals surface area contributed by atoms with Crippen LogP contribution >= 0.6 is 11.6 Å². The van der Waals surface area contributed by atoms with Gasteiger partial charge in [-0.1, -0.05) is 11.6 Å². The molecule has 0 bridgehead atoms. The van der Waals surface area contributed by atoms with Crippen molar-refractivity contribution in [2.24, 2.45) is 5.41 Å². The molecule has 0 spiro atoms. The normalized spacial score (nSPS) is 21.9. The number of halogens is 1. The van der Waals surface area contributed by atoms with Crippen molar-refractivity contribution in [1.29, 1.82) is 0 Å². The zero-order valence-corrected chi connectivity index (χ0v) is 12.2. The number of carbonyl (C=O) groups is 2. The zero-order valence-electron chi connectivity index (χ0n) is 11.4. The lowest BCUT2D eigenvalue weighted by Crippen LogP contribution is -2.40. The number of likely N-dealkylation sites (tertiary alicyclic amines) is 1. The first-order valence-corrected chi connectivity index (χ1v) is 6.67. The number of hydrogen-bond donors (Lipinski definition) is 2. The Morgan fingerprint density at radius 2 is 2.25 bits per heavy atom. The van der Waals surface area contributed by atoms with Crippen molar-refractivity contribution in [2.45, 2.75) is 13.3 Å². The highest BCUT2D eigenvalue weighted by molar-refractivity contribution is 6.29. The number of nitrogens with one attached hydrogen (secondary N) is 1. The van der Waals surface area contributed by atoms with E-state index in [0.717, 1.165) is 0 Å². The van der Waals surface area contributed by atoms with Gasteiger partial charge < -0.3 is 16.0 Å². The smallest absolute Gasteiger partial charge is 0.256 e. The minimum absolute atomic E-state index is 0.0615. The average Bonchev–Trinajstić information content (AvgIpc) is 2.83. The summed E-state index contributed by atoms with van der Waals surface area (Å²) in [5, 5.41) is 2.85. The van der Waals surface area contributed by atoms with Crippen molar-refractivity contribution in [2.75, 3.05) is 25.9 Å². The maximum atomic E-state index is 12.4. The number of nitrogens with two attached hydrogens (primary N) is 1. The predicted molar refractivity (Wildman–Crippen MR) is 76.4 cm³/mol. The van der Waals surface area contributed by atoms with Crippen molar-refractivity contribution in [3.05, 3.63) is 23.0 Å². The van der Waals surface area contributed by atoms with Crippen LogP contribution in [0.25, 0.3) is 0 Å². The number of hydrogen-bond acceptors (Lipinski definition) is 4. The van der Waals surface area contributed by atoms with Gasteiger partial charge in [0.1, 0.15) is 5.15 Å². The lowest BCUT2D eigenvalue weighted by molar-refractivity contribution is -0.128. The molecule has 20 heavy (non-hydrogen) atoms. The Morgan fingerprint density at radius 1 is 1.55 bits per heavy atom. The third-order valence-corrected chi connectivity index (χ3v) is 3.87. The Kier molecular flexibility index (Phi) is 3.85. The molecule has 2 amide bonds. The molecule has 0 aromatic carbocycles. The first-order chi connectivity index (χ1) is 9.37. The maximum absolute atomic E-state index is 12.4. The minimum Gasteiger partial charge on any atom is -0.397 e. The molecule has 108 valence electrons. The van der Waals surface area contributed by atoms with Crippen LogP contribution in [-0.2, 0) is 4.79 Å². The molecule has 1 aromatic rings. The lowest BCUT2D eigenvalue weighted by Gasteiger charge is -2.23. The number of rotatable bonds is 2. The van der Waals surface area contributed by atoms with E-state index in [2.05, 4.69) is 10.3 Å². The molecule has 1 aliphatic heterocycles. The minimum atomic E-state index is -0.560. The molecular formula is C13H17ClN4O2. The molecule has 1 aliphatic rings. The highest BCUT2D eigenvalue weighted by atomic mass is 35.5. The topological polar surface area (TPSA) is 88.3 Å². The van der Waals surface area contributed by atoms with Gasteiger partial charge in [-0.25, -0.2) is 4.98 Å². The Balaban J connectivity index is 2.20. The Bertz CT molecular complexity index is 563. The fourth-order valence-corrected chi connectivity index (χ4v) is 2.58. The van der Waals surface area contributed by atoms with Crippen LogP contribution in [-0.4, -0.2) is 41.8 Å². The number of anilines is 1. The van der Waals surface area contributed by atoms with Gasteiger partial charge in [-0.05, 0) is 19.4 Å². The van der Waals surface area contributed by atoms with Crippen molar-refractivity contribution >= 4 is 29.1 Å². The van der Waals surface area contributed by atoms with Crippen LogP contribution in [0, 0.1) is 5.41 Å². The summed E-state index contributed by atoms with van der Waals surface area (Å²) >= 11 is 5.79. The van der Waals surface area contributed by atoms with Crippen LogP contribution < -0.4 is 11.1 Å². The molecule has 1 fully saturated rings. The van der Waals surface area contributed by atoms with E-state index in [1.807, 2.05) is 6.92 Å². The Hall–Kier alpha value is -1.82. The molecule has 0 radical (unpaired) electrons. The van der Waals surface area contributed by atoms with E-state index in [1.54, 1.807) is 11.9 Å². The van der Waals surface area contributed by atoms with Gasteiger partial charge >= 0.3 is 0 Å². The van der Waals surface area contributed by atoms with Gasteiger partial charge in [0.25, 0.3) is 5.91 Å². The molecular weight excluding hydrogens is 280 g/mol. The summed E-state index contributed by atoms with van der Waals surface area (Å²) in [5.41, 5.74) is 5.81. The zero-order chi connectivity index (χ0) is 14.9. The number of carbonyl (C=O) groups excluding carboxylic acids is 2. The molecule has 2 rings (SSSR count). The van der Waals surface area contributed by atoms with E-state index in [-0.39, 0.29) is 22.7 Å². The maximum Gasteiger partial charge on any atom is 0.256 e. The van der Waals surface area contributed by atoms with E-state index in [9.17, 15) is 9.59 Å². The van der Waals surface area contributed by atoms with Crippen molar-refractivity contribution in [3.63, 3.8) is 0 Å². The molecule has 1 aromatic heterocycles. The summed E-state index contributed by atoms with van der Waals surface area (Å²) in [4.78, 5) is 29.7. The predicted octanol–water partition coefficient (Wildman–Crippen LogP) is 0.915. The van der Waals surface area contributed by atoms with Crippen LogP contribution in [0.4, 0.5) is 5.69 Å². The molecule has 2 heterocycles. The molecule has 7 heteroatoms. The summed E-state index contributed by atoms with van der Waals surface area (Å²) in [6, 6.07) is 1.45. The molecule has 6 nitrogen and oxygen atoms in total. The monoisotopic (exact) mass is 296 g/mol. The van der Waals surface area contributed by atoms with E-state index >= 15 is 0 Å². The fourth-order valence-electron chi connectivity index (χ4n) is 2.42. The molecule has 0 aliphatic carbocycles. The van der Waals surface area contributed by atoms with Gasteiger partial charge in [-0.3, -0.25) is 9.59 Å². The molecule has 0 saturated carbocycles. The van der Waals surface area contributed by atoms with E-state index in [1.165, 1.54) is 12.3 Å². The van der Waals surface area contributed by atoms with Crippen molar-refractivity contribution < 1.29 is 9.59 Å². The summed E-state index contributed by atoms with van der Waals surface area (Å²) in [5.74, 6) is -0.284. The van der Waals surface area contributed by atoms with E-state index in [4.69, 9.17) is 17.3 Å². The average molecular weight is 297 g/mol. The van der Waals surface area contributed by atoms with Gasteiger partial charge in [0.15, 0.2) is 0 Å². The largest absolute Gasteiger partial charge is 0.397 e. The Morgan fingerprint density at radius 3 is 2.90 bits per heavy atom. The summed E-state index contributed by atoms with van der Waals surface area (Å²) < 4.78 is 0. The standard InChI is InChI=1S/C13H17ClN4O2/c1-13(12(20)16-2)3-4-18(7-13)11(19)8-5-10(14)17-6-9(8)15/h5-6H,3-4,7,15H2,1-2H3,(H,16,20). The number of pyridine rings is 1. The van der Waals surface area contributed by atoms with Crippen LogP contribution in [0.1, 0.15) is 23.7 Å². The quantitative estimate of drug-likeness (QED) is 0.794. The second-order valence-electron chi connectivity index (χ2n) is 5.21. The highest BCUT2D eigenvalue weighted by Gasteiger charge is 2.41. The van der Waals surface area contributed by atoms with Gasteiger partial charge in [-0.15, -0.1) is 0 Å². The second kappa shape index (κ2) is 5.28. The Labute approximate surface area is 122 Å². The van der Waals surface area contributed by atoms with E-state index < -0.39 is 5.41 Å². The van der Waals surface area contributed by atoms with Crippen LogP contribution in [0.2, 0.25) is 5.15 Å². The lowest BCUT2D eigenvalue weighted by atomic mass is 9.89. The second-order valence-corrected chi connectivity index (χ2v) is 5.60. The number of nitrogen functional groups attached to an aromatic ring is 1. The van der Waals surface area contributed by atoms with Crippen molar-refractivity contribution in [1.82, 2.24) is 15.2 Å². The summed E-state index contributed by atoms with van der Waals surface area (Å²) in [6.07, 6.45) is 1.99. The van der Waals surface area contributed by atoms with Gasteiger partial charge in [0, 0.05) is 20.1 Å². The van der Waals surface area contributed by atoms with Gasteiger partial charge in [-0.2, -0.15) is 0 Å². The first kappa shape index (κ1) is 14.6. The summed E-state index contributed by atoms with van der Waals surface area (Å²) in [6.45, 7) is 2.73. The molecule has 3 N–H and O–H groups in total. The SMILES string of the molecule is CNC(=O)C1(C)CCN(C(=O)c2cc(Cl)ncc2N)C1. The highest BCUT2D eigenvalue weighted by Crippen LogP contribution is 2.31. The number of amides is 2. The summed E-state index contributed by atoms with van der Waals surface area (Å²) in [7, 11) is 1.60. The molecule has 1 saturated heterocycles. The third-order valence-electron chi connectivity index (χ3n) is 3.67. The number of aromatic nitrogens is 1. The fraction of sp³-hybridized carbons (Fsp3) is 0.462. The van der Waals surface area contributed by atoms with Gasteiger partial charge in [0.05, 0.1) is 22.9 Å². The number of nitrogens with zero attached hydrogens (tertiary/aromatic N) is 2. The molecule has 1 atom stereocenters. The van der Waals surface area contributed by atoms with Gasteiger partial charge in [0.2, 0.25) is 5.91 Å². The van der Waals surface area contributed by atoms with E-state index in [0.29, 0.717) is 25.1 Å². The van der Waals surface area contributed by atoms with Crippen LogP contribution in [0.3, 0.4) is 0 Å². The van der Waals surface area contributed by atoms with Crippen molar-refractivity contribution in [3.8, 4) is 0 Å². The van der Waals surface area contributed by atoms with Crippen LogP contribution in [0.15, 0.2) is 12.3 Å². The third kappa shape index (κ3) is 2.56.